The van der Waals surface area contributed by atoms with E-state index in [0.717, 1.165) is 4.47 Å². The number of alkyl halides is 4. The van der Waals surface area contributed by atoms with Crippen molar-refractivity contribution in [1.29, 1.82) is 0 Å². The largest absolute Gasteiger partial charge is 0.484 e. The fourth-order valence-electron chi connectivity index (χ4n) is 1.26. The quantitative estimate of drug-likeness (QED) is 0.715. The van der Waals surface area contributed by atoms with Crippen LogP contribution in [0.5, 0.6) is 5.75 Å². The molecule has 16 heavy (non-hydrogen) atoms. The maximum absolute atomic E-state index is 12.0. The van der Waals surface area contributed by atoms with Crippen LogP contribution in [0.25, 0.3) is 0 Å². The lowest BCUT2D eigenvalue weighted by Gasteiger charge is -2.15. The molecule has 0 fully saturated rings. The van der Waals surface area contributed by atoms with E-state index in [1.807, 2.05) is 0 Å². The van der Waals surface area contributed by atoms with Gasteiger partial charge in [-0.3, -0.25) is 0 Å². The number of hydrogen-bond donors (Lipinski definition) is 0. The number of benzene rings is 1. The highest BCUT2D eigenvalue weighted by Gasteiger charge is 2.29. The number of aryl methyl sites for hydroxylation is 1. The van der Waals surface area contributed by atoms with Crippen molar-refractivity contribution < 1.29 is 17.9 Å². The normalized spacial score (nSPS) is 11.6. The summed E-state index contributed by atoms with van der Waals surface area (Å²) in [7, 11) is 0. The third-order valence-corrected chi connectivity index (χ3v) is 2.90. The highest BCUT2D eigenvalue weighted by Crippen LogP contribution is 2.31. The van der Waals surface area contributed by atoms with Gasteiger partial charge < -0.3 is 4.74 Å². The zero-order valence-electron chi connectivity index (χ0n) is 8.37. The Balaban J connectivity index is 2.94. The predicted octanol–water partition coefficient (Wildman–Crippen LogP) is 4.59. The van der Waals surface area contributed by atoms with E-state index in [4.69, 9.17) is 4.74 Å². The molecular weight excluding hydrogens is 353 g/mol. The second-order valence-electron chi connectivity index (χ2n) is 3.25. The van der Waals surface area contributed by atoms with Gasteiger partial charge in [0.1, 0.15) is 5.75 Å². The van der Waals surface area contributed by atoms with Crippen LogP contribution in [0.2, 0.25) is 0 Å². The Hall–Kier alpha value is -0.230. The van der Waals surface area contributed by atoms with E-state index in [-0.39, 0.29) is 5.75 Å². The summed E-state index contributed by atoms with van der Waals surface area (Å²) in [4.78, 5) is 0. The summed E-state index contributed by atoms with van der Waals surface area (Å²) in [6.45, 7) is 0.443. The molecular formula is C10H9Br2F3O. The van der Waals surface area contributed by atoms with Gasteiger partial charge in [-0.1, -0.05) is 31.9 Å². The Morgan fingerprint density at radius 3 is 2.44 bits per heavy atom. The molecule has 1 nitrogen and oxygen atoms in total. The Labute approximate surface area is 108 Å². The van der Waals surface area contributed by atoms with Crippen LogP contribution >= 0.6 is 31.9 Å². The second-order valence-corrected chi connectivity index (χ2v) is 4.72. The van der Waals surface area contributed by atoms with Crippen LogP contribution in [0.3, 0.4) is 0 Å². The van der Waals surface area contributed by atoms with Crippen molar-refractivity contribution >= 4 is 31.9 Å². The first-order valence-electron chi connectivity index (χ1n) is 4.38. The molecule has 0 bridgehead atoms. The number of rotatable bonds is 3. The lowest BCUT2D eigenvalue weighted by molar-refractivity contribution is -0.153. The topological polar surface area (TPSA) is 9.23 Å². The fourth-order valence-corrected chi connectivity index (χ4v) is 2.30. The Kier molecular flexibility index (Phi) is 4.67. The molecule has 0 aliphatic carbocycles. The van der Waals surface area contributed by atoms with E-state index in [1.54, 1.807) is 19.1 Å². The molecule has 0 radical (unpaired) electrons. The summed E-state index contributed by atoms with van der Waals surface area (Å²) >= 11 is 6.49. The van der Waals surface area contributed by atoms with Crippen molar-refractivity contribution in [1.82, 2.24) is 0 Å². The molecule has 0 aliphatic rings. The molecule has 0 saturated carbocycles. The van der Waals surface area contributed by atoms with Crippen LogP contribution in [0.15, 0.2) is 16.6 Å². The van der Waals surface area contributed by atoms with E-state index >= 15 is 0 Å². The second kappa shape index (κ2) is 5.40. The van der Waals surface area contributed by atoms with Crippen LogP contribution in [0, 0.1) is 6.92 Å². The van der Waals surface area contributed by atoms with Gasteiger partial charge >= 0.3 is 6.18 Å². The Morgan fingerprint density at radius 1 is 1.31 bits per heavy atom. The Morgan fingerprint density at radius 2 is 1.94 bits per heavy atom. The molecule has 0 N–H and O–H groups in total. The molecule has 0 heterocycles. The van der Waals surface area contributed by atoms with Gasteiger partial charge in [0.05, 0.1) is 0 Å². The van der Waals surface area contributed by atoms with Gasteiger partial charge in [-0.25, -0.2) is 0 Å². The van der Waals surface area contributed by atoms with Crippen LogP contribution in [-0.2, 0) is 5.33 Å². The molecule has 0 aliphatic heterocycles. The van der Waals surface area contributed by atoms with Gasteiger partial charge in [-0.15, -0.1) is 0 Å². The van der Waals surface area contributed by atoms with Crippen molar-refractivity contribution in [3.05, 3.63) is 27.7 Å². The average Bonchev–Trinajstić information content (AvgIpc) is 2.13. The summed E-state index contributed by atoms with van der Waals surface area (Å²) in [6.07, 6.45) is -4.32. The molecule has 1 aromatic carbocycles. The van der Waals surface area contributed by atoms with Gasteiger partial charge in [-0.2, -0.15) is 13.2 Å². The first-order chi connectivity index (χ1) is 7.33. The molecule has 0 amide bonds. The SMILES string of the molecule is Cc1cc(Br)cc(CBr)c1OCC(F)(F)F. The number of ether oxygens (including phenoxy) is 1. The summed E-state index contributed by atoms with van der Waals surface area (Å²) in [6, 6.07) is 3.45. The highest BCUT2D eigenvalue weighted by molar-refractivity contribution is 9.10. The van der Waals surface area contributed by atoms with E-state index < -0.39 is 12.8 Å². The van der Waals surface area contributed by atoms with E-state index in [9.17, 15) is 13.2 Å². The monoisotopic (exact) mass is 360 g/mol. The van der Waals surface area contributed by atoms with E-state index in [2.05, 4.69) is 31.9 Å². The highest BCUT2D eigenvalue weighted by atomic mass is 79.9. The zero-order valence-corrected chi connectivity index (χ0v) is 11.5. The molecule has 0 spiro atoms. The van der Waals surface area contributed by atoms with Crippen molar-refractivity contribution in [3.8, 4) is 5.75 Å². The first kappa shape index (κ1) is 13.8. The average molecular weight is 362 g/mol. The van der Waals surface area contributed by atoms with Gasteiger partial charge in [-0.05, 0) is 24.6 Å². The van der Waals surface area contributed by atoms with E-state index in [1.165, 1.54) is 0 Å². The van der Waals surface area contributed by atoms with Gasteiger partial charge in [0.2, 0.25) is 0 Å². The minimum Gasteiger partial charge on any atom is -0.484 e. The Bertz CT molecular complexity index is 377. The standard InChI is InChI=1S/C10H9Br2F3O/c1-6-2-8(12)3-7(4-11)9(6)16-5-10(13,14)15/h2-3H,4-5H2,1H3. The third-order valence-electron chi connectivity index (χ3n) is 1.84. The molecule has 0 aromatic heterocycles. The van der Waals surface area contributed by atoms with E-state index in [0.29, 0.717) is 16.5 Å². The maximum Gasteiger partial charge on any atom is 0.422 e. The zero-order chi connectivity index (χ0) is 12.3. The van der Waals surface area contributed by atoms with Crippen LogP contribution in [0.4, 0.5) is 13.2 Å². The van der Waals surface area contributed by atoms with Gasteiger partial charge in [0.25, 0.3) is 0 Å². The van der Waals surface area contributed by atoms with Crippen molar-refractivity contribution in [3.63, 3.8) is 0 Å². The van der Waals surface area contributed by atoms with Crippen molar-refractivity contribution in [2.45, 2.75) is 18.4 Å². The van der Waals surface area contributed by atoms with Crippen LogP contribution in [0.1, 0.15) is 11.1 Å². The summed E-state index contributed by atoms with van der Waals surface area (Å²) in [5.74, 6) is 0.289. The number of halogens is 5. The van der Waals surface area contributed by atoms with Crippen LogP contribution in [-0.4, -0.2) is 12.8 Å². The lowest BCUT2D eigenvalue weighted by atomic mass is 10.1. The number of hydrogen-bond acceptors (Lipinski definition) is 1. The molecule has 1 rings (SSSR count). The fraction of sp³-hybridized carbons (Fsp3) is 0.400. The molecule has 0 atom stereocenters. The van der Waals surface area contributed by atoms with Gasteiger partial charge in [0.15, 0.2) is 6.61 Å². The summed E-state index contributed by atoms with van der Waals surface area (Å²) in [5.41, 5.74) is 1.37. The molecule has 0 saturated heterocycles. The predicted molar refractivity (Wildman–Crippen MR) is 63.1 cm³/mol. The lowest BCUT2D eigenvalue weighted by Crippen LogP contribution is -2.20. The first-order valence-corrected chi connectivity index (χ1v) is 6.29. The minimum absolute atomic E-state index is 0.289. The van der Waals surface area contributed by atoms with Crippen LogP contribution < -0.4 is 4.74 Å². The summed E-state index contributed by atoms with van der Waals surface area (Å²) in [5, 5.41) is 0.445. The molecule has 6 heteroatoms. The van der Waals surface area contributed by atoms with Crippen molar-refractivity contribution in [2.24, 2.45) is 0 Å². The maximum atomic E-state index is 12.0. The minimum atomic E-state index is -4.32. The summed E-state index contributed by atoms with van der Waals surface area (Å²) < 4.78 is 41.7. The third kappa shape index (κ3) is 3.97. The molecule has 0 unspecified atom stereocenters. The smallest absolute Gasteiger partial charge is 0.422 e. The molecule has 90 valence electrons. The molecule has 1 aromatic rings. The van der Waals surface area contributed by atoms with Crippen molar-refractivity contribution in [2.75, 3.05) is 6.61 Å². The van der Waals surface area contributed by atoms with Gasteiger partial charge in [0, 0.05) is 15.4 Å².